The van der Waals surface area contributed by atoms with Crippen LogP contribution < -0.4 is 16.6 Å². The Morgan fingerprint density at radius 2 is 1.94 bits per heavy atom. The minimum Gasteiger partial charge on any atom is -0.481 e. The molecule has 0 aliphatic rings. The summed E-state index contributed by atoms with van der Waals surface area (Å²) in [5, 5.41) is 12.1. The Hall–Kier alpha value is -4.15. The number of nitrogens with zero attached hydrogens (tertiary/aromatic N) is 1. The third kappa shape index (κ3) is 6.42. The molecule has 6 N–H and O–H groups in total. The first-order valence-electron chi connectivity index (χ1n) is 10.3. The number of fused-ring (bicyclic) bond motifs is 1. The number of carbonyl (C=O) groups is 3. The first-order chi connectivity index (χ1) is 15.7. The van der Waals surface area contributed by atoms with Gasteiger partial charge in [-0.3, -0.25) is 24.2 Å². The summed E-state index contributed by atoms with van der Waals surface area (Å²) < 4.78 is 4.92. The molecule has 0 fully saturated rings. The van der Waals surface area contributed by atoms with Crippen molar-refractivity contribution >= 4 is 34.8 Å². The van der Waals surface area contributed by atoms with Crippen LogP contribution in [-0.2, 0) is 27.2 Å². The zero-order valence-corrected chi connectivity index (χ0v) is 18.0. The highest BCUT2D eigenvalue weighted by Gasteiger charge is 2.17. The van der Waals surface area contributed by atoms with Crippen LogP contribution in [0.2, 0.25) is 0 Å². The minimum absolute atomic E-state index is 0.0489. The average Bonchev–Trinajstić information content (AvgIpc) is 3.17. The second-order valence-electron chi connectivity index (χ2n) is 7.59. The monoisotopic (exact) mass is 455 g/mol. The molecule has 0 radical (unpaired) electrons. The number of aryl methyl sites for hydroxylation is 2. The Labute approximate surface area is 188 Å². The smallest absolute Gasteiger partial charge is 0.303 e. The molecule has 2 aromatic heterocycles. The average molecular weight is 455 g/mol. The number of carboxylic acids is 1. The predicted octanol–water partition coefficient (Wildman–Crippen LogP) is 1.14. The number of amides is 1. The lowest BCUT2D eigenvalue weighted by atomic mass is 10.0. The number of carbonyl (C=O) groups excluding carboxylic acids is 2. The number of H-pyrrole nitrogens is 2. The Bertz CT molecular complexity index is 1200. The summed E-state index contributed by atoms with van der Waals surface area (Å²) in [4.78, 5) is 56.1. The van der Waals surface area contributed by atoms with E-state index in [2.05, 4.69) is 20.3 Å². The number of ether oxygens (including phenoxy) is 1. The van der Waals surface area contributed by atoms with Crippen molar-refractivity contribution in [2.45, 2.75) is 38.6 Å². The quantitative estimate of drug-likeness (QED) is 0.282. The fraction of sp³-hybridized carbons (Fsp3) is 0.318. The van der Waals surface area contributed by atoms with Gasteiger partial charge < -0.3 is 25.9 Å². The fourth-order valence-electron chi connectivity index (χ4n) is 3.40. The maximum atomic E-state index is 12.6. The maximum Gasteiger partial charge on any atom is 0.303 e. The molecule has 0 saturated heterocycles. The number of nitrogen functional groups attached to an aromatic ring is 1. The summed E-state index contributed by atoms with van der Waals surface area (Å²) in [6.07, 6.45) is 2.92. The molecule has 174 valence electrons. The van der Waals surface area contributed by atoms with E-state index in [1.54, 1.807) is 18.3 Å². The third-order valence-corrected chi connectivity index (χ3v) is 5.07. The number of carboxylic acid groups (broad SMARTS) is 1. The fourth-order valence-corrected chi connectivity index (χ4v) is 3.40. The Morgan fingerprint density at radius 1 is 1.21 bits per heavy atom. The van der Waals surface area contributed by atoms with Crippen LogP contribution in [-0.4, -0.2) is 50.6 Å². The molecule has 0 unspecified atom stereocenters. The van der Waals surface area contributed by atoms with E-state index in [4.69, 9.17) is 15.6 Å². The van der Waals surface area contributed by atoms with Crippen LogP contribution in [0.1, 0.15) is 41.3 Å². The van der Waals surface area contributed by atoms with Crippen molar-refractivity contribution in [1.29, 1.82) is 0 Å². The van der Waals surface area contributed by atoms with Crippen molar-refractivity contribution in [3.05, 3.63) is 57.5 Å². The van der Waals surface area contributed by atoms with E-state index in [1.165, 1.54) is 6.92 Å². The number of anilines is 1. The molecule has 3 aromatic rings. The van der Waals surface area contributed by atoms with Crippen molar-refractivity contribution < 1.29 is 24.2 Å². The second kappa shape index (κ2) is 10.4. The molecule has 11 nitrogen and oxygen atoms in total. The van der Waals surface area contributed by atoms with Crippen molar-refractivity contribution in [2.75, 3.05) is 12.3 Å². The van der Waals surface area contributed by atoms with Gasteiger partial charge in [-0.05, 0) is 42.5 Å². The molecule has 0 aliphatic heterocycles. The largest absolute Gasteiger partial charge is 0.481 e. The summed E-state index contributed by atoms with van der Waals surface area (Å²) in [7, 11) is 0. The molecule has 2 heterocycles. The number of benzene rings is 1. The lowest BCUT2D eigenvalue weighted by Crippen LogP contribution is -2.39. The number of esters is 1. The second-order valence-corrected chi connectivity index (χ2v) is 7.59. The van der Waals surface area contributed by atoms with E-state index in [-0.39, 0.29) is 31.0 Å². The molecule has 1 amide bonds. The van der Waals surface area contributed by atoms with Crippen molar-refractivity contribution in [3.63, 3.8) is 0 Å². The molecule has 0 bridgehead atoms. The lowest BCUT2D eigenvalue weighted by Gasteiger charge is -2.18. The molecule has 1 aromatic carbocycles. The molecular formula is C22H25N5O6. The number of hydrogen-bond acceptors (Lipinski definition) is 7. The van der Waals surface area contributed by atoms with E-state index < -0.39 is 23.9 Å². The number of aromatic nitrogens is 3. The summed E-state index contributed by atoms with van der Waals surface area (Å²) in [6.45, 7) is 1.14. The Kier molecular flexibility index (Phi) is 7.44. The number of nitrogens with two attached hydrogens (primary N) is 1. The van der Waals surface area contributed by atoms with Crippen molar-refractivity contribution in [1.82, 2.24) is 20.3 Å². The number of hydrogen-bond donors (Lipinski definition) is 5. The highest BCUT2D eigenvalue weighted by atomic mass is 16.5. The van der Waals surface area contributed by atoms with Crippen LogP contribution in [0.4, 0.5) is 5.95 Å². The van der Waals surface area contributed by atoms with Crippen LogP contribution in [0.25, 0.3) is 11.0 Å². The number of nitrogens with one attached hydrogen (secondary N) is 3. The molecule has 0 saturated carbocycles. The topological polar surface area (TPSA) is 180 Å². The highest BCUT2D eigenvalue weighted by Crippen LogP contribution is 2.16. The molecular weight excluding hydrogens is 430 g/mol. The Balaban J connectivity index is 1.61. The van der Waals surface area contributed by atoms with Gasteiger partial charge in [0.15, 0.2) is 0 Å². The van der Waals surface area contributed by atoms with Gasteiger partial charge in [0.05, 0.1) is 11.4 Å². The zero-order chi connectivity index (χ0) is 24.0. The van der Waals surface area contributed by atoms with Gasteiger partial charge in [-0.2, -0.15) is 4.98 Å². The van der Waals surface area contributed by atoms with E-state index in [0.29, 0.717) is 29.4 Å². The van der Waals surface area contributed by atoms with Crippen LogP contribution >= 0.6 is 0 Å². The number of rotatable bonds is 10. The molecule has 0 aliphatic carbocycles. The number of aromatic amines is 2. The van der Waals surface area contributed by atoms with E-state index in [0.717, 1.165) is 11.1 Å². The SMILES string of the molecule is CC(=O)OC[C@H](CCC(=O)O)NC(=O)c1ccc(CCc2c[nH]c3nc(N)[nH]c(=O)c23)cc1. The van der Waals surface area contributed by atoms with Crippen LogP contribution in [0.5, 0.6) is 0 Å². The maximum absolute atomic E-state index is 12.6. The van der Waals surface area contributed by atoms with Gasteiger partial charge in [0.1, 0.15) is 12.3 Å². The normalized spacial score (nSPS) is 11.8. The molecule has 1 atom stereocenters. The molecule has 33 heavy (non-hydrogen) atoms. The third-order valence-electron chi connectivity index (χ3n) is 5.07. The van der Waals surface area contributed by atoms with E-state index in [9.17, 15) is 19.2 Å². The Morgan fingerprint density at radius 3 is 2.61 bits per heavy atom. The molecule has 3 rings (SSSR count). The van der Waals surface area contributed by atoms with Crippen molar-refractivity contribution in [3.8, 4) is 0 Å². The minimum atomic E-state index is -1.00. The summed E-state index contributed by atoms with van der Waals surface area (Å²) in [6, 6.07) is 6.33. The standard InChI is InChI=1S/C22H25N5O6/c1-12(28)33-11-16(8-9-17(29)30)25-20(31)14-5-2-13(3-6-14)4-7-15-10-24-19-18(15)21(32)27-22(23)26-19/h2-3,5-6,10,16H,4,7-9,11H2,1H3,(H,25,31)(H,29,30)(H4,23,24,26,27,32)/t16-/m0/s1. The predicted molar refractivity (Wildman–Crippen MR) is 120 cm³/mol. The van der Waals surface area contributed by atoms with E-state index >= 15 is 0 Å². The van der Waals surface area contributed by atoms with Crippen LogP contribution in [0.3, 0.4) is 0 Å². The summed E-state index contributed by atoms with van der Waals surface area (Å²) >= 11 is 0. The number of aliphatic carboxylic acids is 1. The van der Waals surface area contributed by atoms with Gasteiger partial charge in [-0.25, -0.2) is 0 Å². The van der Waals surface area contributed by atoms with Gasteiger partial charge in [0, 0.05) is 25.1 Å². The van der Waals surface area contributed by atoms with Gasteiger partial charge in [0.2, 0.25) is 5.95 Å². The first-order valence-corrected chi connectivity index (χ1v) is 10.3. The molecule has 11 heteroatoms. The van der Waals surface area contributed by atoms with Gasteiger partial charge >= 0.3 is 11.9 Å². The van der Waals surface area contributed by atoms with Gasteiger partial charge in [-0.15, -0.1) is 0 Å². The summed E-state index contributed by atoms with van der Waals surface area (Å²) in [5.74, 6) is -1.85. The van der Waals surface area contributed by atoms with Crippen molar-refractivity contribution in [2.24, 2.45) is 0 Å². The van der Waals surface area contributed by atoms with E-state index in [1.807, 2.05) is 12.1 Å². The first kappa shape index (κ1) is 23.5. The van der Waals surface area contributed by atoms with Crippen LogP contribution in [0.15, 0.2) is 35.3 Å². The summed E-state index contributed by atoms with van der Waals surface area (Å²) in [5.41, 5.74) is 7.86. The zero-order valence-electron chi connectivity index (χ0n) is 18.0. The van der Waals surface area contributed by atoms with Gasteiger partial charge in [-0.1, -0.05) is 12.1 Å². The lowest BCUT2D eigenvalue weighted by molar-refractivity contribution is -0.141. The highest BCUT2D eigenvalue weighted by molar-refractivity contribution is 5.94. The molecule has 0 spiro atoms. The van der Waals surface area contributed by atoms with Gasteiger partial charge in [0.25, 0.3) is 11.5 Å². The van der Waals surface area contributed by atoms with Crippen LogP contribution in [0, 0.1) is 0 Å².